The smallest absolute Gasteiger partial charge is 0.272 e. The largest absolute Gasteiger partial charge is 0.483 e. The van der Waals surface area contributed by atoms with Gasteiger partial charge in [-0.25, -0.2) is 0 Å². The van der Waals surface area contributed by atoms with Crippen LogP contribution in [0.3, 0.4) is 0 Å². The lowest BCUT2D eigenvalue weighted by molar-refractivity contribution is -0.385. The fourth-order valence-electron chi connectivity index (χ4n) is 1.35. The summed E-state index contributed by atoms with van der Waals surface area (Å²) in [5.41, 5.74) is 6.53. The second-order valence-electron chi connectivity index (χ2n) is 3.88. The molecular weight excluding hydrogens is 222 g/mol. The van der Waals surface area contributed by atoms with Gasteiger partial charge >= 0.3 is 0 Å². The lowest BCUT2D eigenvalue weighted by Crippen LogP contribution is -2.30. The molecule has 0 fully saturated rings. The molecule has 0 amide bonds. The number of aryl methyl sites for hydroxylation is 2. The number of amidine groups is 1. The van der Waals surface area contributed by atoms with Crippen molar-refractivity contribution < 1.29 is 9.66 Å². The van der Waals surface area contributed by atoms with Gasteiger partial charge in [0.05, 0.1) is 4.92 Å². The Morgan fingerprint density at radius 1 is 1.47 bits per heavy atom. The molecule has 1 atom stereocenters. The van der Waals surface area contributed by atoms with E-state index in [1.54, 1.807) is 26.8 Å². The van der Waals surface area contributed by atoms with E-state index < -0.39 is 11.0 Å². The zero-order chi connectivity index (χ0) is 13.2. The van der Waals surface area contributed by atoms with E-state index in [2.05, 4.69) is 0 Å². The first-order valence-corrected chi connectivity index (χ1v) is 5.09. The zero-order valence-corrected chi connectivity index (χ0v) is 9.98. The number of nitrogens with zero attached hydrogens (tertiary/aromatic N) is 1. The number of nitro groups is 1. The third kappa shape index (κ3) is 2.93. The van der Waals surface area contributed by atoms with Gasteiger partial charge in [0.2, 0.25) is 0 Å². The summed E-state index contributed by atoms with van der Waals surface area (Å²) in [6.07, 6.45) is -0.547. The number of nitrogens with two attached hydrogens (primary N) is 1. The van der Waals surface area contributed by atoms with Crippen LogP contribution >= 0.6 is 0 Å². The van der Waals surface area contributed by atoms with Gasteiger partial charge in [-0.15, -0.1) is 0 Å². The highest BCUT2D eigenvalue weighted by molar-refractivity contribution is 5.81. The van der Waals surface area contributed by atoms with Gasteiger partial charge in [0, 0.05) is 11.6 Å². The Labute approximate surface area is 99.0 Å². The van der Waals surface area contributed by atoms with Crippen LogP contribution in [0.25, 0.3) is 0 Å². The number of hydrogen-bond donors (Lipinski definition) is 2. The van der Waals surface area contributed by atoms with Crippen molar-refractivity contribution in [3.63, 3.8) is 0 Å². The molecule has 0 aromatic heterocycles. The molecule has 1 unspecified atom stereocenters. The molecule has 6 nitrogen and oxygen atoms in total. The predicted molar refractivity (Wildman–Crippen MR) is 64.6 cm³/mol. The molecule has 17 heavy (non-hydrogen) atoms. The summed E-state index contributed by atoms with van der Waals surface area (Å²) >= 11 is 0. The van der Waals surface area contributed by atoms with Gasteiger partial charge in [0.25, 0.3) is 5.69 Å². The number of nitro benzene ring substituents is 1. The van der Waals surface area contributed by atoms with Crippen molar-refractivity contribution in [2.45, 2.75) is 26.9 Å². The Morgan fingerprint density at radius 2 is 2.06 bits per heavy atom. The topological polar surface area (TPSA) is 102 Å². The molecule has 92 valence electrons. The minimum Gasteiger partial charge on any atom is -0.483 e. The second-order valence-corrected chi connectivity index (χ2v) is 3.88. The Morgan fingerprint density at radius 3 is 2.53 bits per heavy atom. The van der Waals surface area contributed by atoms with Crippen molar-refractivity contribution in [2.24, 2.45) is 5.73 Å². The molecule has 0 aliphatic carbocycles. The summed E-state index contributed by atoms with van der Waals surface area (Å²) in [6.45, 7) is 5.01. The van der Waals surface area contributed by atoms with Gasteiger partial charge in [0.15, 0.2) is 6.10 Å². The lowest BCUT2D eigenvalue weighted by atomic mass is 10.1. The fourth-order valence-corrected chi connectivity index (χ4v) is 1.35. The van der Waals surface area contributed by atoms with Crippen molar-refractivity contribution in [1.82, 2.24) is 0 Å². The van der Waals surface area contributed by atoms with E-state index in [0.717, 1.165) is 0 Å². The van der Waals surface area contributed by atoms with E-state index in [0.29, 0.717) is 16.9 Å². The SMILES string of the molecule is Cc1cc([N+](=O)[O-])c(C)cc1OC(C)C(=N)N. The molecule has 0 bridgehead atoms. The molecular formula is C11H15N3O3. The van der Waals surface area contributed by atoms with Crippen LogP contribution in [0.1, 0.15) is 18.1 Å². The number of hydrogen-bond acceptors (Lipinski definition) is 4. The Bertz CT molecular complexity index is 471. The minimum absolute atomic E-state index is 0.0605. The summed E-state index contributed by atoms with van der Waals surface area (Å²) in [5.74, 6) is 0.427. The van der Waals surface area contributed by atoms with Gasteiger partial charge in [-0.05, 0) is 32.4 Å². The Balaban J connectivity index is 3.08. The average Bonchev–Trinajstić information content (AvgIpc) is 2.22. The number of nitrogens with one attached hydrogen (secondary N) is 1. The molecule has 0 spiro atoms. The van der Waals surface area contributed by atoms with Crippen molar-refractivity contribution in [3.8, 4) is 5.75 Å². The summed E-state index contributed by atoms with van der Waals surface area (Å²) in [5, 5.41) is 18.0. The van der Waals surface area contributed by atoms with Crippen molar-refractivity contribution >= 4 is 11.5 Å². The second kappa shape index (κ2) is 4.82. The van der Waals surface area contributed by atoms with Crippen LogP contribution in [0.5, 0.6) is 5.75 Å². The molecule has 1 aromatic carbocycles. The molecule has 6 heteroatoms. The minimum atomic E-state index is -0.547. The van der Waals surface area contributed by atoms with Gasteiger partial charge in [0.1, 0.15) is 11.6 Å². The normalized spacial score (nSPS) is 11.9. The van der Waals surface area contributed by atoms with E-state index >= 15 is 0 Å². The average molecular weight is 237 g/mol. The van der Waals surface area contributed by atoms with Crippen LogP contribution in [0.4, 0.5) is 5.69 Å². The summed E-state index contributed by atoms with van der Waals surface area (Å²) in [6, 6.07) is 3.05. The quantitative estimate of drug-likeness (QED) is 0.361. The fraction of sp³-hybridized carbons (Fsp3) is 0.364. The first-order chi connectivity index (χ1) is 7.82. The zero-order valence-electron chi connectivity index (χ0n) is 9.98. The number of ether oxygens (including phenoxy) is 1. The van der Waals surface area contributed by atoms with Crippen molar-refractivity contribution in [1.29, 1.82) is 5.41 Å². The van der Waals surface area contributed by atoms with Crippen LogP contribution < -0.4 is 10.5 Å². The summed E-state index contributed by atoms with van der Waals surface area (Å²) < 4.78 is 5.45. The van der Waals surface area contributed by atoms with E-state index in [9.17, 15) is 10.1 Å². The maximum absolute atomic E-state index is 10.7. The van der Waals surface area contributed by atoms with Gasteiger partial charge < -0.3 is 10.5 Å². The highest BCUT2D eigenvalue weighted by atomic mass is 16.6. The molecule has 1 rings (SSSR count). The molecule has 1 aromatic rings. The van der Waals surface area contributed by atoms with Crippen molar-refractivity contribution in [2.75, 3.05) is 0 Å². The van der Waals surface area contributed by atoms with Gasteiger partial charge in [-0.3, -0.25) is 15.5 Å². The van der Waals surface area contributed by atoms with E-state index in [1.807, 2.05) is 0 Å². The molecule has 0 saturated heterocycles. The molecule has 0 radical (unpaired) electrons. The Hall–Kier alpha value is -2.11. The third-order valence-electron chi connectivity index (χ3n) is 2.43. The molecule has 0 aliphatic heterocycles. The highest BCUT2D eigenvalue weighted by Crippen LogP contribution is 2.28. The molecule has 0 aliphatic rings. The van der Waals surface area contributed by atoms with E-state index in [4.69, 9.17) is 15.9 Å². The lowest BCUT2D eigenvalue weighted by Gasteiger charge is -2.15. The van der Waals surface area contributed by atoms with E-state index in [1.165, 1.54) is 6.07 Å². The highest BCUT2D eigenvalue weighted by Gasteiger charge is 2.16. The maximum Gasteiger partial charge on any atom is 0.272 e. The maximum atomic E-state index is 10.7. The number of benzene rings is 1. The number of rotatable bonds is 4. The first kappa shape index (κ1) is 13.0. The van der Waals surface area contributed by atoms with Crippen LogP contribution in [0.2, 0.25) is 0 Å². The summed E-state index contributed by atoms with van der Waals surface area (Å²) in [7, 11) is 0. The summed E-state index contributed by atoms with van der Waals surface area (Å²) in [4.78, 5) is 10.3. The van der Waals surface area contributed by atoms with Crippen molar-refractivity contribution in [3.05, 3.63) is 33.4 Å². The predicted octanol–water partition coefficient (Wildman–Crippen LogP) is 1.91. The van der Waals surface area contributed by atoms with Crippen LogP contribution in [0.15, 0.2) is 12.1 Å². The van der Waals surface area contributed by atoms with Crippen LogP contribution in [-0.2, 0) is 0 Å². The monoisotopic (exact) mass is 237 g/mol. The van der Waals surface area contributed by atoms with Crippen LogP contribution in [-0.4, -0.2) is 16.9 Å². The Kier molecular flexibility index (Phi) is 3.67. The van der Waals surface area contributed by atoms with Gasteiger partial charge in [-0.2, -0.15) is 0 Å². The van der Waals surface area contributed by atoms with Crippen LogP contribution in [0, 0.1) is 29.4 Å². The third-order valence-corrected chi connectivity index (χ3v) is 2.43. The van der Waals surface area contributed by atoms with E-state index in [-0.39, 0.29) is 11.5 Å². The molecule has 0 heterocycles. The standard InChI is InChI=1S/C11H15N3O3/c1-6-5-10(17-8(3)11(12)13)7(2)4-9(6)14(15)16/h4-5,8H,1-3H3,(H3,12,13). The molecule has 0 saturated carbocycles. The van der Waals surface area contributed by atoms with Gasteiger partial charge in [-0.1, -0.05) is 0 Å². The first-order valence-electron chi connectivity index (χ1n) is 5.09. The molecule has 3 N–H and O–H groups in total.